The number of rotatable bonds is 1. The van der Waals surface area contributed by atoms with Gasteiger partial charge in [0, 0.05) is 12.4 Å². The van der Waals surface area contributed by atoms with Gasteiger partial charge < -0.3 is 0 Å². The Balaban J connectivity index is 2.53. The average molecular weight is 248 g/mol. The molecule has 0 radical (unpaired) electrons. The van der Waals surface area contributed by atoms with Gasteiger partial charge in [-0.1, -0.05) is 11.6 Å². The minimum absolute atomic E-state index is 0.0809. The van der Waals surface area contributed by atoms with Gasteiger partial charge >= 0.3 is 6.18 Å². The summed E-state index contributed by atoms with van der Waals surface area (Å²) < 4.78 is 38.8. The van der Waals surface area contributed by atoms with Crippen LogP contribution in [0.2, 0.25) is 5.15 Å². The zero-order valence-electron chi connectivity index (χ0n) is 7.74. The van der Waals surface area contributed by atoms with Gasteiger partial charge in [-0.3, -0.25) is 4.57 Å². The summed E-state index contributed by atoms with van der Waals surface area (Å²) in [6, 6.07) is 1.69. The molecule has 84 valence electrons. The highest BCUT2D eigenvalue weighted by molar-refractivity contribution is 6.29. The minimum atomic E-state index is -4.44. The lowest BCUT2D eigenvalue weighted by molar-refractivity contribution is -0.137. The topological polar surface area (TPSA) is 30.7 Å². The van der Waals surface area contributed by atoms with E-state index in [0.717, 1.165) is 12.1 Å². The van der Waals surface area contributed by atoms with Crippen LogP contribution in [-0.4, -0.2) is 14.5 Å². The lowest BCUT2D eigenvalue weighted by Crippen LogP contribution is -2.07. The van der Waals surface area contributed by atoms with Gasteiger partial charge in [-0.2, -0.15) is 13.2 Å². The molecule has 0 amide bonds. The van der Waals surface area contributed by atoms with Crippen LogP contribution in [0.5, 0.6) is 0 Å². The predicted molar refractivity (Wildman–Crippen MR) is 51.4 cm³/mol. The highest BCUT2D eigenvalue weighted by Gasteiger charge is 2.31. The van der Waals surface area contributed by atoms with Crippen molar-refractivity contribution >= 4 is 11.6 Å². The van der Waals surface area contributed by atoms with Gasteiger partial charge in [-0.05, 0) is 12.1 Å². The van der Waals surface area contributed by atoms with Crippen molar-refractivity contribution in [3.8, 4) is 5.82 Å². The van der Waals surface area contributed by atoms with E-state index < -0.39 is 11.7 Å². The molecule has 0 spiro atoms. The van der Waals surface area contributed by atoms with Crippen LogP contribution >= 0.6 is 11.6 Å². The maximum Gasteiger partial charge on any atom is 0.416 e. The molecule has 0 aliphatic carbocycles. The maximum atomic E-state index is 12.5. The minimum Gasteiger partial charge on any atom is -0.290 e. The monoisotopic (exact) mass is 247 g/mol. The van der Waals surface area contributed by atoms with E-state index in [4.69, 9.17) is 11.6 Å². The van der Waals surface area contributed by atoms with Gasteiger partial charge in [0.2, 0.25) is 0 Å². The Morgan fingerprint density at radius 2 is 2.00 bits per heavy atom. The Morgan fingerprint density at radius 1 is 1.25 bits per heavy atom. The second-order valence-corrected chi connectivity index (χ2v) is 3.39. The van der Waals surface area contributed by atoms with Crippen molar-refractivity contribution in [2.45, 2.75) is 6.18 Å². The third kappa shape index (κ3) is 2.16. The molecule has 2 rings (SSSR count). The standard InChI is InChI=1S/C9H5ClF3N3/c10-7-3-6(9(11,12)13)4-8(15-7)16-2-1-14-5-16/h1-5H. The second kappa shape index (κ2) is 3.79. The smallest absolute Gasteiger partial charge is 0.290 e. The number of imidazole rings is 1. The summed E-state index contributed by atoms with van der Waals surface area (Å²) in [7, 11) is 0. The van der Waals surface area contributed by atoms with Crippen LogP contribution in [0.25, 0.3) is 5.82 Å². The van der Waals surface area contributed by atoms with E-state index >= 15 is 0 Å². The van der Waals surface area contributed by atoms with Crippen molar-refractivity contribution in [1.29, 1.82) is 0 Å². The Morgan fingerprint density at radius 3 is 2.56 bits per heavy atom. The summed E-state index contributed by atoms with van der Waals surface area (Å²) in [4.78, 5) is 7.50. The molecule has 3 nitrogen and oxygen atoms in total. The number of halogens is 4. The maximum absolute atomic E-state index is 12.5. The van der Waals surface area contributed by atoms with Crippen LogP contribution in [0.3, 0.4) is 0 Å². The second-order valence-electron chi connectivity index (χ2n) is 3.00. The first-order chi connectivity index (χ1) is 7.47. The van der Waals surface area contributed by atoms with E-state index in [-0.39, 0.29) is 11.0 Å². The van der Waals surface area contributed by atoms with Crippen molar-refractivity contribution in [2.24, 2.45) is 0 Å². The van der Waals surface area contributed by atoms with Gasteiger partial charge in [0.1, 0.15) is 17.3 Å². The van der Waals surface area contributed by atoms with Crippen molar-refractivity contribution in [1.82, 2.24) is 14.5 Å². The van der Waals surface area contributed by atoms with Crippen LogP contribution in [0, 0.1) is 0 Å². The van der Waals surface area contributed by atoms with Crippen LogP contribution in [0.1, 0.15) is 5.56 Å². The van der Waals surface area contributed by atoms with E-state index in [1.807, 2.05) is 0 Å². The SMILES string of the molecule is FC(F)(F)c1cc(Cl)nc(-n2ccnc2)c1. The molecule has 0 atom stereocenters. The molecule has 7 heteroatoms. The predicted octanol–water partition coefficient (Wildman–Crippen LogP) is 2.94. The summed E-state index contributed by atoms with van der Waals surface area (Å²) in [5.74, 6) is 0.0809. The Hall–Kier alpha value is -1.56. The van der Waals surface area contributed by atoms with E-state index in [2.05, 4.69) is 9.97 Å². The zero-order chi connectivity index (χ0) is 11.8. The third-order valence-corrected chi connectivity index (χ3v) is 2.07. The van der Waals surface area contributed by atoms with Crippen LogP contribution in [-0.2, 0) is 6.18 Å². The van der Waals surface area contributed by atoms with Gasteiger partial charge in [0.25, 0.3) is 0 Å². The summed E-state index contributed by atoms with van der Waals surface area (Å²) in [5, 5.41) is -0.210. The molecule has 0 bridgehead atoms. The van der Waals surface area contributed by atoms with Crippen molar-refractivity contribution in [3.63, 3.8) is 0 Å². The van der Waals surface area contributed by atoms with E-state index in [1.165, 1.54) is 23.3 Å². The highest BCUT2D eigenvalue weighted by atomic mass is 35.5. The van der Waals surface area contributed by atoms with Crippen molar-refractivity contribution in [3.05, 3.63) is 41.6 Å². The molecule has 0 fully saturated rings. The van der Waals surface area contributed by atoms with Gasteiger partial charge in [-0.15, -0.1) is 0 Å². The summed E-state index contributed by atoms with van der Waals surface area (Å²) >= 11 is 5.53. The Bertz CT molecular complexity index is 493. The molecule has 16 heavy (non-hydrogen) atoms. The fourth-order valence-electron chi connectivity index (χ4n) is 1.17. The molecule has 0 saturated carbocycles. The molecule has 0 unspecified atom stereocenters. The Kier molecular flexibility index (Phi) is 2.59. The largest absolute Gasteiger partial charge is 0.416 e. The summed E-state index contributed by atoms with van der Waals surface area (Å²) in [5.41, 5.74) is -0.837. The molecule has 0 aromatic carbocycles. The van der Waals surface area contributed by atoms with Crippen molar-refractivity contribution < 1.29 is 13.2 Å². The summed E-state index contributed by atoms with van der Waals surface area (Å²) in [6.45, 7) is 0. The van der Waals surface area contributed by atoms with Crippen LogP contribution < -0.4 is 0 Å². The van der Waals surface area contributed by atoms with E-state index in [9.17, 15) is 13.2 Å². The molecule has 0 aliphatic heterocycles. The number of hydrogen-bond donors (Lipinski definition) is 0. The van der Waals surface area contributed by atoms with Gasteiger partial charge in [-0.25, -0.2) is 9.97 Å². The number of nitrogens with zero attached hydrogens (tertiary/aromatic N) is 3. The first kappa shape index (κ1) is 10.9. The first-order valence-electron chi connectivity index (χ1n) is 4.20. The van der Waals surface area contributed by atoms with E-state index in [0.29, 0.717) is 0 Å². The molecule has 2 aromatic heterocycles. The Labute approximate surface area is 93.5 Å². The first-order valence-corrected chi connectivity index (χ1v) is 4.58. The fraction of sp³-hybridized carbons (Fsp3) is 0.111. The van der Waals surface area contributed by atoms with Crippen LogP contribution in [0.15, 0.2) is 30.9 Å². The zero-order valence-corrected chi connectivity index (χ0v) is 8.50. The number of alkyl halides is 3. The average Bonchev–Trinajstić information content (AvgIpc) is 2.68. The molecule has 0 saturated heterocycles. The molecule has 0 aliphatic rings. The van der Waals surface area contributed by atoms with Crippen molar-refractivity contribution in [2.75, 3.05) is 0 Å². The quantitative estimate of drug-likeness (QED) is 0.726. The number of aromatic nitrogens is 3. The van der Waals surface area contributed by atoms with Crippen LogP contribution in [0.4, 0.5) is 13.2 Å². The highest BCUT2D eigenvalue weighted by Crippen LogP contribution is 2.31. The molecule has 0 N–H and O–H groups in total. The number of hydrogen-bond acceptors (Lipinski definition) is 2. The fourth-order valence-corrected chi connectivity index (χ4v) is 1.38. The normalized spacial score (nSPS) is 11.8. The lowest BCUT2D eigenvalue weighted by Gasteiger charge is -2.09. The molecule has 2 aromatic rings. The molecular formula is C9H5ClF3N3. The third-order valence-electron chi connectivity index (χ3n) is 1.88. The number of pyridine rings is 1. The summed E-state index contributed by atoms with van der Waals surface area (Å²) in [6.07, 6.45) is -0.171. The lowest BCUT2D eigenvalue weighted by atomic mass is 10.2. The molecule has 2 heterocycles. The van der Waals surface area contributed by atoms with E-state index in [1.54, 1.807) is 0 Å². The van der Waals surface area contributed by atoms with Gasteiger partial charge in [0.05, 0.1) is 5.56 Å². The molecular weight excluding hydrogens is 243 g/mol. The van der Waals surface area contributed by atoms with Gasteiger partial charge in [0.15, 0.2) is 0 Å².